The van der Waals surface area contributed by atoms with Gasteiger partial charge in [-0.3, -0.25) is 9.67 Å². The van der Waals surface area contributed by atoms with Gasteiger partial charge in [0.25, 0.3) is 0 Å². The third-order valence-electron chi connectivity index (χ3n) is 3.08. The van der Waals surface area contributed by atoms with Crippen LogP contribution in [0.25, 0.3) is 11.4 Å². The van der Waals surface area contributed by atoms with E-state index in [4.69, 9.17) is 17.0 Å². The molecule has 0 unspecified atom stereocenters. The Labute approximate surface area is 117 Å². The molecule has 0 saturated heterocycles. The van der Waals surface area contributed by atoms with Crippen molar-refractivity contribution in [2.45, 2.75) is 38.8 Å². The van der Waals surface area contributed by atoms with Crippen LogP contribution in [0.5, 0.6) is 5.75 Å². The lowest BCUT2D eigenvalue weighted by Gasteiger charge is -2.11. The Kier molecular flexibility index (Phi) is 3.14. The number of benzene rings is 1. The van der Waals surface area contributed by atoms with Crippen LogP contribution < -0.4 is 4.74 Å². The highest BCUT2D eigenvalue weighted by molar-refractivity contribution is 7.71. The van der Waals surface area contributed by atoms with Crippen molar-refractivity contribution in [3.8, 4) is 17.1 Å². The van der Waals surface area contributed by atoms with Crippen molar-refractivity contribution in [2.24, 2.45) is 0 Å². The van der Waals surface area contributed by atoms with Gasteiger partial charge in [-0.05, 0) is 51.0 Å². The molecular weight excluding hydrogens is 258 g/mol. The molecule has 5 heteroatoms. The maximum atomic E-state index is 5.73. The molecule has 1 aromatic heterocycles. The molecule has 1 N–H and O–H groups in total. The van der Waals surface area contributed by atoms with Gasteiger partial charge in [0, 0.05) is 11.6 Å². The Balaban J connectivity index is 2.00. The van der Waals surface area contributed by atoms with E-state index in [9.17, 15) is 0 Å². The molecule has 19 heavy (non-hydrogen) atoms. The van der Waals surface area contributed by atoms with E-state index >= 15 is 0 Å². The minimum absolute atomic E-state index is 0.166. The van der Waals surface area contributed by atoms with Gasteiger partial charge in [-0.25, -0.2) is 0 Å². The van der Waals surface area contributed by atoms with Crippen LogP contribution >= 0.6 is 12.2 Å². The van der Waals surface area contributed by atoms with Gasteiger partial charge in [0.15, 0.2) is 10.6 Å². The summed E-state index contributed by atoms with van der Waals surface area (Å²) >= 11 is 5.31. The second-order valence-electron chi connectivity index (χ2n) is 5.15. The molecule has 1 aromatic carbocycles. The van der Waals surface area contributed by atoms with Crippen molar-refractivity contribution in [2.75, 3.05) is 0 Å². The molecule has 0 spiro atoms. The van der Waals surface area contributed by atoms with Crippen LogP contribution in [-0.4, -0.2) is 20.9 Å². The molecule has 0 amide bonds. The molecule has 0 bridgehead atoms. The van der Waals surface area contributed by atoms with Gasteiger partial charge in [-0.1, -0.05) is 12.1 Å². The first-order valence-electron chi connectivity index (χ1n) is 6.59. The fourth-order valence-corrected chi connectivity index (χ4v) is 2.44. The monoisotopic (exact) mass is 275 g/mol. The fraction of sp³-hybridized carbons (Fsp3) is 0.429. The van der Waals surface area contributed by atoms with E-state index in [1.54, 1.807) is 0 Å². The lowest BCUT2D eigenvalue weighted by atomic mass is 10.2. The Morgan fingerprint density at radius 3 is 2.89 bits per heavy atom. The highest BCUT2D eigenvalue weighted by atomic mass is 32.1. The van der Waals surface area contributed by atoms with Crippen LogP contribution in [0, 0.1) is 4.77 Å². The normalized spacial score (nSPS) is 14.9. The molecule has 1 aliphatic rings. The van der Waals surface area contributed by atoms with Crippen molar-refractivity contribution >= 4 is 12.2 Å². The molecule has 0 aliphatic heterocycles. The van der Waals surface area contributed by atoms with Crippen molar-refractivity contribution in [1.82, 2.24) is 14.8 Å². The third-order valence-corrected chi connectivity index (χ3v) is 3.37. The van der Waals surface area contributed by atoms with Gasteiger partial charge in [-0.15, -0.1) is 0 Å². The lowest BCUT2D eigenvalue weighted by molar-refractivity contribution is 0.242. The van der Waals surface area contributed by atoms with Gasteiger partial charge in [0.05, 0.1) is 6.10 Å². The van der Waals surface area contributed by atoms with Crippen LogP contribution in [0.1, 0.15) is 32.7 Å². The number of nitrogens with one attached hydrogen (secondary N) is 1. The molecular formula is C14H17N3OS. The molecule has 4 nitrogen and oxygen atoms in total. The van der Waals surface area contributed by atoms with E-state index in [1.165, 1.54) is 12.8 Å². The van der Waals surface area contributed by atoms with E-state index in [2.05, 4.69) is 14.8 Å². The van der Waals surface area contributed by atoms with Crippen LogP contribution in [0.2, 0.25) is 0 Å². The zero-order valence-electron chi connectivity index (χ0n) is 11.1. The minimum atomic E-state index is 0.166. The first-order valence-corrected chi connectivity index (χ1v) is 7.00. The smallest absolute Gasteiger partial charge is 0.195 e. The quantitative estimate of drug-likeness (QED) is 0.865. The largest absolute Gasteiger partial charge is 0.491 e. The van der Waals surface area contributed by atoms with Gasteiger partial charge in [-0.2, -0.15) is 5.10 Å². The topological polar surface area (TPSA) is 42.8 Å². The molecule has 3 rings (SSSR count). The summed E-state index contributed by atoms with van der Waals surface area (Å²) in [5.74, 6) is 1.77. The Morgan fingerprint density at radius 2 is 2.21 bits per heavy atom. The first kappa shape index (κ1) is 12.4. The summed E-state index contributed by atoms with van der Waals surface area (Å²) < 4.78 is 8.54. The number of hydrogen-bond donors (Lipinski definition) is 1. The number of rotatable bonds is 4. The minimum Gasteiger partial charge on any atom is -0.491 e. The van der Waals surface area contributed by atoms with E-state index in [0.29, 0.717) is 10.8 Å². The van der Waals surface area contributed by atoms with Crippen LogP contribution in [0.4, 0.5) is 0 Å². The Hall–Kier alpha value is -1.62. The molecule has 100 valence electrons. The summed E-state index contributed by atoms with van der Waals surface area (Å²) in [5, 5.41) is 7.25. The van der Waals surface area contributed by atoms with E-state index in [0.717, 1.165) is 17.1 Å². The van der Waals surface area contributed by atoms with E-state index < -0.39 is 0 Å². The average molecular weight is 275 g/mol. The molecule has 0 atom stereocenters. The van der Waals surface area contributed by atoms with Crippen molar-refractivity contribution in [1.29, 1.82) is 0 Å². The average Bonchev–Trinajstić information content (AvgIpc) is 3.12. The highest BCUT2D eigenvalue weighted by Crippen LogP contribution is 2.38. The fourth-order valence-electron chi connectivity index (χ4n) is 2.16. The summed E-state index contributed by atoms with van der Waals surface area (Å²) in [6.45, 7) is 4.04. The number of aromatic amines is 1. The van der Waals surface area contributed by atoms with Gasteiger partial charge in [0.1, 0.15) is 5.75 Å². The number of nitrogens with zero attached hydrogens (tertiary/aromatic N) is 2. The zero-order valence-corrected chi connectivity index (χ0v) is 11.9. The highest BCUT2D eigenvalue weighted by Gasteiger charge is 2.27. The SMILES string of the molecule is CC(C)Oc1cccc(-c2n[nH]c(=S)n2C2CC2)c1. The van der Waals surface area contributed by atoms with Crippen LogP contribution in [-0.2, 0) is 0 Å². The number of H-pyrrole nitrogens is 1. The second-order valence-corrected chi connectivity index (χ2v) is 5.53. The Bertz CT molecular complexity index is 640. The number of hydrogen-bond acceptors (Lipinski definition) is 3. The zero-order chi connectivity index (χ0) is 13.4. The maximum Gasteiger partial charge on any atom is 0.195 e. The van der Waals surface area contributed by atoms with Crippen molar-refractivity contribution < 1.29 is 4.74 Å². The molecule has 1 heterocycles. The van der Waals surface area contributed by atoms with Gasteiger partial charge in [0.2, 0.25) is 0 Å². The van der Waals surface area contributed by atoms with Gasteiger partial charge < -0.3 is 4.74 Å². The number of ether oxygens (including phenoxy) is 1. The molecule has 1 saturated carbocycles. The Morgan fingerprint density at radius 1 is 1.42 bits per heavy atom. The number of aromatic nitrogens is 3. The predicted octanol–water partition coefficient (Wildman–Crippen LogP) is 3.73. The first-order chi connectivity index (χ1) is 9.15. The second kappa shape index (κ2) is 4.81. The standard InChI is InChI=1S/C14H17N3OS/c1-9(2)18-12-5-3-4-10(8-12)13-15-16-14(19)17(13)11-6-7-11/h3-5,8-9,11H,6-7H2,1-2H3,(H,16,19). The van der Waals surface area contributed by atoms with E-state index in [-0.39, 0.29) is 6.10 Å². The van der Waals surface area contributed by atoms with E-state index in [1.807, 2.05) is 38.1 Å². The summed E-state index contributed by atoms with van der Waals surface area (Å²) in [6.07, 6.45) is 2.53. The predicted molar refractivity (Wildman–Crippen MR) is 76.9 cm³/mol. The summed E-state index contributed by atoms with van der Waals surface area (Å²) in [4.78, 5) is 0. The molecule has 2 aromatic rings. The van der Waals surface area contributed by atoms with Gasteiger partial charge >= 0.3 is 0 Å². The van der Waals surface area contributed by atoms with Crippen LogP contribution in [0.15, 0.2) is 24.3 Å². The lowest BCUT2D eigenvalue weighted by Crippen LogP contribution is -2.05. The summed E-state index contributed by atoms with van der Waals surface area (Å²) in [7, 11) is 0. The molecule has 1 aliphatic carbocycles. The maximum absolute atomic E-state index is 5.73. The summed E-state index contributed by atoms with van der Waals surface area (Å²) in [6, 6.07) is 8.52. The van der Waals surface area contributed by atoms with Crippen molar-refractivity contribution in [3.63, 3.8) is 0 Å². The summed E-state index contributed by atoms with van der Waals surface area (Å²) in [5.41, 5.74) is 1.04. The van der Waals surface area contributed by atoms with Crippen LogP contribution in [0.3, 0.4) is 0 Å². The molecule has 0 radical (unpaired) electrons. The third kappa shape index (κ3) is 2.56. The molecule has 1 fully saturated rings. The van der Waals surface area contributed by atoms with Crippen molar-refractivity contribution in [3.05, 3.63) is 29.0 Å².